The molecule has 0 bridgehead atoms. The smallest absolute Gasteiger partial charge is 0.168 e. The van der Waals surface area contributed by atoms with Gasteiger partial charge in [0, 0.05) is 12.5 Å². The summed E-state index contributed by atoms with van der Waals surface area (Å²) < 4.78 is 5.35. The van der Waals surface area contributed by atoms with Gasteiger partial charge in [0.15, 0.2) is 5.78 Å². The van der Waals surface area contributed by atoms with Crippen LogP contribution in [-0.2, 0) is 0 Å². The van der Waals surface area contributed by atoms with Crippen LogP contribution in [0.3, 0.4) is 0 Å². The average Bonchev–Trinajstić information content (AvgIpc) is 2.42. The lowest BCUT2D eigenvalue weighted by Gasteiger charge is -2.23. The highest BCUT2D eigenvalue weighted by Gasteiger charge is 2.20. The second-order valence-electron chi connectivity index (χ2n) is 5.41. The molecule has 0 spiro atoms. The van der Waals surface area contributed by atoms with E-state index in [1.807, 2.05) is 26.0 Å². The van der Waals surface area contributed by atoms with Gasteiger partial charge in [0.05, 0.1) is 12.7 Å². The van der Waals surface area contributed by atoms with Crippen molar-refractivity contribution in [2.24, 2.45) is 0 Å². The normalized spacial score (nSPS) is 19.2. The molecule has 1 N–H and O–H groups in total. The molecule has 1 atom stereocenters. The molecule has 1 aliphatic heterocycles. The molecular weight excluding hydrogens is 238 g/mol. The van der Waals surface area contributed by atoms with Crippen molar-refractivity contribution in [3.8, 4) is 5.75 Å². The van der Waals surface area contributed by atoms with E-state index < -0.39 is 0 Å². The Morgan fingerprint density at radius 3 is 2.68 bits per heavy atom. The van der Waals surface area contributed by atoms with Gasteiger partial charge in [-0.1, -0.05) is 6.42 Å². The summed E-state index contributed by atoms with van der Waals surface area (Å²) in [5.74, 6) is 0.878. The Kier molecular flexibility index (Phi) is 4.59. The number of nitrogens with one attached hydrogen (secondary N) is 1. The van der Waals surface area contributed by atoms with E-state index in [1.165, 1.54) is 12.8 Å². The third-order valence-corrected chi connectivity index (χ3v) is 3.96. The van der Waals surface area contributed by atoms with E-state index in [-0.39, 0.29) is 5.78 Å². The van der Waals surface area contributed by atoms with Crippen molar-refractivity contribution in [3.63, 3.8) is 0 Å². The number of carbonyl (C=O) groups is 1. The second kappa shape index (κ2) is 6.20. The molecule has 1 unspecified atom stereocenters. The lowest BCUT2D eigenvalue weighted by Crippen LogP contribution is -2.35. The summed E-state index contributed by atoms with van der Waals surface area (Å²) >= 11 is 0. The topological polar surface area (TPSA) is 38.3 Å². The van der Waals surface area contributed by atoms with E-state index in [9.17, 15) is 4.79 Å². The maximum Gasteiger partial charge on any atom is 0.168 e. The molecule has 0 aromatic heterocycles. The van der Waals surface area contributed by atoms with E-state index in [0.29, 0.717) is 18.2 Å². The van der Waals surface area contributed by atoms with E-state index >= 15 is 0 Å². The van der Waals surface area contributed by atoms with Crippen LogP contribution in [-0.4, -0.2) is 25.5 Å². The van der Waals surface area contributed by atoms with Gasteiger partial charge in [-0.15, -0.1) is 0 Å². The van der Waals surface area contributed by atoms with Gasteiger partial charge in [-0.25, -0.2) is 0 Å². The summed E-state index contributed by atoms with van der Waals surface area (Å²) in [7, 11) is 1.62. The largest absolute Gasteiger partial charge is 0.496 e. The number of aryl methyl sites for hydroxylation is 2. The van der Waals surface area contributed by atoms with Crippen LogP contribution in [0.15, 0.2) is 12.1 Å². The molecule has 0 radical (unpaired) electrons. The number of hydrogen-bond acceptors (Lipinski definition) is 3. The Morgan fingerprint density at radius 1 is 1.32 bits per heavy atom. The van der Waals surface area contributed by atoms with E-state index in [2.05, 4.69) is 5.32 Å². The maximum atomic E-state index is 12.4. The molecule has 19 heavy (non-hydrogen) atoms. The van der Waals surface area contributed by atoms with Crippen LogP contribution < -0.4 is 10.1 Å². The zero-order valence-corrected chi connectivity index (χ0v) is 12.1. The number of hydrogen-bond donors (Lipinski definition) is 1. The average molecular weight is 261 g/mol. The summed E-state index contributed by atoms with van der Waals surface area (Å²) in [6.45, 7) is 5.10. The molecule has 0 saturated carbocycles. The third kappa shape index (κ3) is 3.35. The molecular formula is C16H23NO2. The van der Waals surface area contributed by atoms with Crippen LogP contribution in [0.2, 0.25) is 0 Å². The number of ketones is 1. The van der Waals surface area contributed by atoms with Crippen molar-refractivity contribution in [1.82, 2.24) is 5.32 Å². The van der Waals surface area contributed by atoms with E-state index in [0.717, 1.165) is 29.7 Å². The minimum Gasteiger partial charge on any atom is -0.496 e. The SMILES string of the molecule is COc1cc(C)c(C)cc1C(=O)CC1CCCCN1. The standard InChI is InChI=1S/C16H23NO2/c1-11-8-14(16(19-3)9-12(11)2)15(18)10-13-6-4-5-7-17-13/h8-9,13,17H,4-7,10H2,1-3H3. The lowest BCUT2D eigenvalue weighted by molar-refractivity contribution is 0.0960. The van der Waals surface area contributed by atoms with Crippen LogP contribution >= 0.6 is 0 Å². The van der Waals surface area contributed by atoms with Crippen LogP contribution in [0.1, 0.15) is 47.2 Å². The summed E-state index contributed by atoms with van der Waals surface area (Å²) in [6.07, 6.45) is 4.10. The number of ether oxygens (including phenoxy) is 1. The number of methoxy groups -OCH3 is 1. The maximum absolute atomic E-state index is 12.4. The minimum absolute atomic E-state index is 0.180. The summed E-state index contributed by atoms with van der Waals surface area (Å²) in [5, 5.41) is 3.42. The Morgan fingerprint density at radius 2 is 2.05 bits per heavy atom. The highest BCUT2D eigenvalue weighted by Crippen LogP contribution is 2.25. The Labute approximate surface area is 115 Å². The number of carbonyl (C=O) groups excluding carboxylic acids is 1. The first-order valence-electron chi connectivity index (χ1n) is 7.03. The zero-order valence-electron chi connectivity index (χ0n) is 12.1. The van der Waals surface area contributed by atoms with Crippen LogP contribution in [0, 0.1) is 13.8 Å². The summed E-state index contributed by atoms with van der Waals surface area (Å²) in [4.78, 5) is 12.4. The van der Waals surface area contributed by atoms with Gasteiger partial charge in [-0.2, -0.15) is 0 Å². The fourth-order valence-corrected chi connectivity index (χ4v) is 2.61. The monoisotopic (exact) mass is 261 g/mol. The highest BCUT2D eigenvalue weighted by molar-refractivity contribution is 5.99. The molecule has 3 nitrogen and oxygen atoms in total. The predicted octanol–water partition coefficient (Wildman–Crippen LogP) is 3.03. The number of rotatable bonds is 4. The van der Waals surface area contributed by atoms with Crippen LogP contribution in [0.5, 0.6) is 5.75 Å². The Hall–Kier alpha value is -1.35. The van der Waals surface area contributed by atoms with Crippen molar-refractivity contribution in [1.29, 1.82) is 0 Å². The molecule has 0 aliphatic carbocycles. The van der Waals surface area contributed by atoms with Gasteiger partial charge < -0.3 is 10.1 Å². The lowest BCUT2D eigenvalue weighted by atomic mass is 9.95. The minimum atomic E-state index is 0.180. The molecule has 1 aromatic rings. The zero-order chi connectivity index (χ0) is 13.8. The van der Waals surface area contributed by atoms with Gasteiger partial charge >= 0.3 is 0 Å². The molecule has 1 fully saturated rings. The van der Waals surface area contributed by atoms with Crippen LogP contribution in [0.4, 0.5) is 0 Å². The molecule has 1 heterocycles. The summed E-state index contributed by atoms with van der Waals surface area (Å²) in [5.41, 5.74) is 3.02. The van der Waals surface area contributed by atoms with Crippen molar-refractivity contribution >= 4 is 5.78 Å². The molecule has 104 valence electrons. The first kappa shape index (κ1) is 14.1. The Balaban J connectivity index is 2.15. The van der Waals surface area contributed by atoms with Crippen molar-refractivity contribution in [3.05, 3.63) is 28.8 Å². The quantitative estimate of drug-likeness (QED) is 0.847. The first-order valence-corrected chi connectivity index (χ1v) is 7.03. The number of Topliss-reactive ketones (excluding diaryl/α,β-unsaturated/α-hetero) is 1. The molecule has 1 aliphatic rings. The first-order chi connectivity index (χ1) is 9.11. The van der Waals surface area contributed by atoms with Gasteiger partial charge in [0.25, 0.3) is 0 Å². The Bertz CT molecular complexity index is 462. The highest BCUT2D eigenvalue weighted by atomic mass is 16.5. The molecule has 3 heteroatoms. The fourth-order valence-electron chi connectivity index (χ4n) is 2.61. The van der Waals surface area contributed by atoms with E-state index in [1.54, 1.807) is 7.11 Å². The molecule has 0 amide bonds. The van der Waals surface area contributed by atoms with Gasteiger partial charge in [0.1, 0.15) is 5.75 Å². The predicted molar refractivity (Wildman–Crippen MR) is 77.1 cm³/mol. The van der Waals surface area contributed by atoms with Crippen molar-refractivity contribution in [2.75, 3.05) is 13.7 Å². The molecule has 1 saturated heterocycles. The van der Waals surface area contributed by atoms with Gasteiger partial charge in [0.2, 0.25) is 0 Å². The third-order valence-electron chi connectivity index (χ3n) is 3.96. The van der Waals surface area contributed by atoms with Crippen molar-refractivity contribution in [2.45, 2.75) is 45.6 Å². The second-order valence-corrected chi connectivity index (χ2v) is 5.41. The number of piperidine rings is 1. The van der Waals surface area contributed by atoms with Gasteiger partial charge in [-0.05, 0) is 56.5 Å². The summed E-state index contributed by atoms with van der Waals surface area (Å²) in [6, 6.07) is 4.24. The number of benzene rings is 1. The van der Waals surface area contributed by atoms with E-state index in [4.69, 9.17) is 4.74 Å². The van der Waals surface area contributed by atoms with Crippen LogP contribution in [0.25, 0.3) is 0 Å². The fraction of sp³-hybridized carbons (Fsp3) is 0.562. The molecule has 1 aromatic carbocycles. The van der Waals surface area contributed by atoms with Gasteiger partial charge in [-0.3, -0.25) is 4.79 Å². The van der Waals surface area contributed by atoms with Crippen molar-refractivity contribution < 1.29 is 9.53 Å². The molecule has 2 rings (SSSR count).